The standard InChI is InChI=1S/C27H49NO/c1-19(2)9-8-10-20(3)22-12-13-23-21-11-14-25(29)27(5,16-6-7-18-28)24(21)15-17-26(22,23)4/h19-24H,6-18,28H2,1-5H3/t20-,21+,22-,23+,24+,26-,27-/m1/s1. The zero-order valence-corrected chi connectivity index (χ0v) is 20.1. The SMILES string of the molecule is CC(C)CCC[C@@H](C)[C@H]1CC[C@H]2[C@@H]3CCC(=O)[C@](C)(CCCCN)[C@H]3CC[C@]12C. The zero-order chi connectivity index (χ0) is 21.2. The van der Waals surface area contributed by atoms with Crippen LogP contribution in [-0.2, 0) is 4.79 Å². The highest BCUT2D eigenvalue weighted by Gasteiger charge is 2.59. The van der Waals surface area contributed by atoms with E-state index < -0.39 is 0 Å². The summed E-state index contributed by atoms with van der Waals surface area (Å²) in [6.07, 6.45) is 15.0. The smallest absolute Gasteiger partial charge is 0.139 e. The van der Waals surface area contributed by atoms with E-state index in [4.69, 9.17) is 5.73 Å². The molecule has 168 valence electrons. The molecule has 2 nitrogen and oxygen atoms in total. The van der Waals surface area contributed by atoms with Gasteiger partial charge in [-0.1, -0.05) is 60.3 Å². The van der Waals surface area contributed by atoms with Gasteiger partial charge in [-0.25, -0.2) is 0 Å². The molecule has 0 heterocycles. The van der Waals surface area contributed by atoms with Crippen LogP contribution in [0.1, 0.15) is 112 Å². The number of fused-ring (bicyclic) bond motifs is 3. The highest BCUT2D eigenvalue weighted by Crippen LogP contribution is 2.65. The third kappa shape index (κ3) is 4.48. The molecule has 3 rings (SSSR count). The number of rotatable bonds is 9. The molecule has 3 aliphatic carbocycles. The Morgan fingerprint density at radius 1 is 0.966 bits per heavy atom. The fraction of sp³-hybridized carbons (Fsp3) is 0.963. The molecule has 0 aromatic rings. The Kier molecular flexibility index (Phi) is 7.56. The van der Waals surface area contributed by atoms with E-state index >= 15 is 0 Å². The molecule has 29 heavy (non-hydrogen) atoms. The first-order valence-corrected chi connectivity index (χ1v) is 13.0. The number of Topliss-reactive ketones (excluding diaryl/α,β-unsaturated/α-hetero) is 1. The summed E-state index contributed by atoms with van der Waals surface area (Å²) in [7, 11) is 0. The van der Waals surface area contributed by atoms with Gasteiger partial charge in [0.15, 0.2) is 0 Å². The van der Waals surface area contributed by atoms with Crippen molar-refractivity contribution in [2.45, 2.75) is 112 Å². The molecular formula is C27H49NO. The van der Waals surface area contributed by atoms with Crippen molar-refractivity contribution < 1.29 is 4.79 Å². The van der Waals surface area contributed by atoms with Crippen LogP contribution in [0.3, 0.4) is 0 Å². The second-order valence-corrected chi connectivity index (χ2v) is 12.0. The first kappa shape index (κ1) is 23.3. The van der Waals surface area contributed by atoms with Crippen molar-refractivity contribution in [3.05, 3.63) is 0 Å². The first-order chi connectivity index (χ1) is 13.7. The molecule has 0 radical (unpaired) electrons. The normalized spacial score (nSPS) is 40.7. The van der Waals surface area contributed by atoms with Crippen LogP contribution < -0.4 is 5.73 Å². The average molecular weight is 404 g/mol. The van der Waals surface area contributed by atoms with Crippen molar-refractivity contribution in [1.29, 1.82) is 0 Å². The molecular weight excluding hydrogens is 354 g/mol. The Bertz CT molecular complexity index is 557. The van der Waals surface area contributed by atoms with Gasteiger partial charge in [0.1, 0.15) is 5.78 Å². The maximum Gasteiger partial charge on any atom is 0.139 e. The van der Waals surface area contributed by atoms with Gasteiger partial charge in [0.05, 0.1) is 0 Å². The molecule has 3 aliphatic rings. The summed E-state index contributed by atoms with van der Waals surface area (Å²) >= 11 is 0. The van der Waals surface area contributed by atoms with Crippen molar-refractivity contribution >= 4 is 5.78 Å². The molecule has 3 saturated carbocycles. The van der Waals surface area contributed by atoms with Crippen molar-refractivity contribution in [3.8, 4) is 0 Å². The lowest BCUT2D eigenvalue weighted by Crippen LogP contribution is -2.52. The third-order valence-corrected chi connectivity index (χ3v) is 9.95. The Morgan fingerprint density at radius 3 is 2.41 bits per heavy atom. The van der Waals surface area contributed by atoms with Gasteiger partial charge < -0.3 is 5.73 Å². The van der Waals surface area contributed by atoms with Crippen LogP contribution >= 0.6 is 0 Å². The van der Waals surface area contributed by atoms with Gasteiger partial charge in [-0.15, -0.1) is 0 Å². The minimum absolute atomic E-state index is 0.0691. The average Bonchev–Trinajstić information content (AvgIpc) is 3.02. The number of nitrogens with two attached hydrogens (primary N) is 1. The van der Waals surface area contributed by atoms with Gasteiger partial charge in [0.25, 0.3) is 0 Å². The first-order valence-electron chi connectivity index (χ1n) is 13.0. The van der Waals surface area contributed by atoms with Crippen LogP contribution in [0.15, 0.2) is 0 Å². The Balaban J connectivity index is 1.70. The van der Waals surface area contributed by atoms with Gasteiger partial charge in [0, 0.05) is 11.8 Å². The molecule has 2 N–H and O–H groups in total. The lowest BCUT2D eigenvalue weighted by molar-refractivity contribution is -0.146. The molecule has 0 bridgehead atoms. The molecule has 0 aromatic carbocycles. The highest BCUT2D eigenvalue weighted by atomic mass is 16.1. The fourth-order valence-electron chi connectivity index (χ4n) is 8.26. The molecule has 7 atom stereocenters. The summed E-state index contributed by atoms with van der Waals surface area (Å²) in [6, 6.07) is 0. The van der Waals surface area contributed by atoms with E-state index in [0.717, 1.165) is 61.8 Å². The van der Waals surface area contributed by atoms with Gasteiger partial charge in [0.2, 0.25) is 0 Å². The Hall–Kier alpha value is -0.370. The minimum Gasteiger partial charge on any atom is -0.330 e. The molecule has 0 aromatic heterocycles. The predicted octanol–water partition coefficient (Wildman–Crippen LogP) is 7.01. The number of hydrogen-bond donors (Lipinski definition) is 1. The molecule has 0 spiro atoms. The van der Waals surface area contributed by atoms with Crippen LogP contribution in [0, 0.1) is 46.3 Å². The van der Waals surface area contributed by atoms with Crippen LogP contribution in [0.2, 0.25) is 0 Å². The molecule has 2 heteroatoms. The second kappa shape index (κ2) is 9.41. The number of ketones is 1. The van der Waals surface area contributed by atoms with E-state index in [1.165, 1.54) is 51.4 Å². The maximum absolute atomic E-state index is 13.1. The second-order valence-electron chi connectivity index (χ2n) is 12.0. The van der Waals surface area contributed by atoms with E-state index in [0.29, 0.717) is 17.1 Å². The number of hydrogen-bond acceptors (Lipinski definition) is 2. The fourth-order valence-corrected chi connectivity index (χ4v) is 8.26. The summed E-state index contributed by atoms with van der Waals surface area (Å²) in [4.78, 5) is 13.1. The van der Waals surface area contributed by atoms with Crippen molar-refractivity contribution in [2.24, 2.45) is 52.1 Å². The monoisotopic (exact) mass is 403 g/mol. The lowest BCUT2D eigenvalue weighted by Gasteiger charge is -2.56. The Labute approximate surface area is 181 Å². The minimum atomic E-state index is -0.0691. The van der Waals surface area contributed by atoms with E-state index in [1.54, 1.807) is 0 Å². The van der Waals surface area contributed by atoms with E-state index in [-0.39, 0.29) is 5.41 Å². The summed E-state index contributed by atoms with van der Waals surface area (Å²) in [5.74, 6) is 5.46. The quantitative estimate of drug-likeness (QED) is 0.421. The predicted molar refractivity (Wildman–Crippen MR) is 124 cm³/mol. The van der Waals surface area contributed by atoms with Gasteiger partial charge in [-0.05, 0) is 92.4 Å². The summed E-state index contributed by atoms with van der Waals surface area (Å²) in [5.41, 5.74) is 6.21. The molecule has 0 aliphatic heterocycles. The highest BCUT2D eigenvalue weighted by molar-refractivity contribution is 5.85. The summed E-state index contributed by atoms with van der Waals surface area (Å²) in [5, 5.41) is 0. The van der Waals surface area contributed by atoms with Crippen molar-refractivity contribution in [1.82, 2.24) is 0 Å². The van der Waals surface area contributed by atoms with Gasteiger partial charge >= 0.3 is 0 Å². The van der Waals surface area contributed by atoms with Crippen LogP contribution in [0.5, 0.6) is 0 Å². The number of unbranched alkanes of at least 4 members (excludes halogenated alkanes) is 1. The molecule has 0 unspecified atom stereocenters. The summed E-state index contributed by atoms with van der Waals surface area (Å²) < 4.78 is 0. The molecule has 0 amide bonds. The third-order valence-electron chi connectivity index (χ3n) is 9.95. The van der Waals surface area contributed by atoms with E-state index in [2.05, 4.69) is 34.6 Å². The molecule has 0 saturated heterocycles. The largest absolute Gasteiger partial charge is 0.330 e. The van der Waals surface area contributed by atoms with Crippen LogP contribution in [0.4, 0.5) is 0 Å². The van der Waals surface area contributed by atoms with Crippen molar-refractivity contribution in [3.63, 3.8) is 0 Å². The van der Waals surface area contributed by atoms with Gasteiger partial charge in [-0.2, -0.15) is 0 Å². The van der Waals surface area contributed by atoms with Gasteiger partial charge in [-0.3, -0.25) is 4.79 Å². The van der Waals surface area contributed by atoms with E-state index in [9.17, 15) is 4.79 Å². The number of carbonyl (C=O) groups excluding carboxylic acids is 1. The van der Waals surface area contributed by atoms with Crippen LogP contribution in [-0.4, -0.2) is 12.3 Å². The lowest BCUT2D eigenvalue weighted by atomic mass is 9.48. The van der Waals surface area contributed by atoms with Crippen LogP contribution in [0.25, 0.3) is 0 Å². The summed E-state index contributed by atoms with van der Waals surface area (Å²) in [6.45, 7) is 13.0. The topological polar surface area (TPSA) is 43.1 Å². The Morgan fingerprint density at radius 2 is 1.72 bits per heavy atom. The van der Waals surface area contributed by atoms with Crippen molar-refractivity contribution in [2.75, 3.05) is 6.54 Å². The molecule has 3 fully saturated rings. The number of carbonyl (C=O) groups is 1. The van der Waals surface area contributed by atoms with E-state index in [1.807, 2.05) is 0 Å². The maximum atomic E-state index is 13.1. The zero-order valence-electron chi connectivity index (χ0n) is 20.1.